The zero-order chi connectivity index (χ0) is 23.2. The Labute approximate surface area is 199 Å². The van der Waals surface area contributed by atoms with E-state index in [1.165, 1.54) is 0 Å². The first-order chi connectivity index (χ1) is 16.6. The SMILES string of the molecule is COc1ccc2c(c1)C(=O)N1C[C@@H]3[C@H](C1)[C@@H]1CC[C@H]3N1C(=O)CCCc1cn(nn1)CCCO2. The van der Waals surface area contributed by atoms with E-state index >= 15 is 0 Å². The summed E-state index contributed by atoms with van der Waals surface area (Å²) in [5.41, 5.74) is 1.46. The Hall–Kier alpha value is -3.10. The molecular weight excluding hydrogens is 434 g/mol. The molecule has 0 radical (unpaired) electrons. The second-order valence-electron chi connectivity index (χ2n) is 9.94. The number of aryl methyl sites for hydroxylation is 2. The lowest BCUT2D eigenvalue weighted by Crippen LogP contribution is -2.41. The molecule has 2 aromatic rings. The molecule has 8 bridgehead atoms. The Kier molecular flexibility index (Phi) is 5.42. The van der Waals surface area contributed by atoms with Gasteiger partial charge < -0.3 is 19.3 Å². The Morgan fingerprint density at radius 2 is 1.85 bits per heavy atom. The molecule has 7 rings (SSSR count). The Morgan fingerprint density at radius 3 is 2.62 bits per heavy atom. The average Bonchev–Trinajstić information content (AvgIpc) is 3.62. The van der Waals surface area contributed by atoms with Crippen LogP contribution in [0.2, 0.25) is 0 Å². The van der Waals surface area contributed by atoms with Gasteiger partial charge in [0.25, 0.3) is 5.91 Å². The van der Waals surface area contributed by atoms with Crippen LogP contribution in [0.5, 0.6) is 11.5 Å². The third-order valence-electron chi connectivity index (χ3n) is 8.06. The molecule has 6 heterocycles. The number of hydrogen-bond donors (Lipinski definition) is 0. The Balaban J connectivity index is 1.29. The summed E-state index contributed by atoms with van der Waals surface area (Å²) in [7, 11) is 1.60. The number of benzene rings is 1. The van der Waals surface area contributed by atoms with Crippen molar-refractivity contribution < 1.29 is 19.1 Å². The fourth-order valence-electron chi connectivity index (χ4n) is 6.53. The number of nitrogens with zero attached hydrogens (tertiary/aromatic N) is 5. The van der Waals surface area contributed by atoms with Gasteiger partial charge in [0.2, 0.25) is 5.91 Å². The summed E-state index contributed by atoms with van der Waals surface area (Å²) >= 11 is 0. The minimum Gasteiger partial charge on any atom is -0.497 e. The smallest absolute Gasteiger partial charge is 0.257 e. The molecule has 2 amide bonds. The number of rotatable bonds is 1. The van der Waals surface area contributed by atoms with Gasteiger partial charge in [-0.2, -0.15) is 0 Å². The van der Waals surface area contributed by atoms with E-state index in [2.05, 4.69) is 15.2 Å². The molecule has 0 N–H and O–H groups in total. The minimum atomic E-state index is -0.0144. The maximum absolute atomic E-state index is 13.6. The summed E-state index contributed by atoms with van der Waals surface area (Å²) in [6.07, 6.45) is 6.88. The summed E-state index contributed by atoms with van der Waals surface area (Å²) in [5.74, 6) is 2.19. The number of methoxy groups -OCH3 is 1. The molecule has 3 saturated heterocycles. The van der Waals surface area contributed by atoms with Crippen molar-refractivity contribution in [2.45, 2.75) is 57.2 Å². The number of carbonyl (C=O) groups is 2. The number of fused-ring (bicyclic) bond motifs is 6. The molecule has 1 aromatic carbocycles. The first-order valence-electron chi connectivity index (χ1n) is 12.4. The van der Waals surface area contributed by atoms with Gasteiger partial charge >= 0.3 is 0 Å². The van der Waals surface area contributed by atoms with Gasteiger partial charge in [-0.1, -0.05) is 5.21 Å². The molecule has 0 spiro atoms. The quantitative estimate of drug-likeness (QED) is 0.641. The van der Waals surface area contributed by atoms with Gasteiger partial charge in [0.1, 0.15) is 11.5 Å². The van der Waals surface area contributed by atoms with E-state index in [4.69, 9.17) is 9.47 Å². The largest absolute Gasteiger partial charge is 0.497 e. The van der Waals surface area contributed by atoms with E-state index < -0.39 is 0 Å². The lowest BCUT2D eigenvalue weighted by atomic mass is 9.82. The molecule has 0 saturated carbocycles. The van der Waals surface area contributed by atoms with Gasteiger partial charge in [-0.3, -0.25) is 14.3 Å². The van der Waals surface area contributed by atoms with Crippen molar-refractivity contribution in [3.8, 4) is 11.5 Å². The zero-order valence-corrected chi connectivity index (χ0v) is 19.6. The summed E-state index contributed by atoms with van der Waals surface area (Å²) < 4.78 is 13.3. The third-order valence-corrected chi connectivity index (χ3v) is 8.06. The minimum absolute atomic E-state index is 0.0144. The highest BCUT2D eigenvalue weighted by atomic mass is 16.5. The van der Waals surface area contributed by atoms with Gasteiger partial charge in [-0.15, -0.1) is 5.10 Å². The van der Waals surface area contributed by atoms with Gasteiger partial charge in [0.05, 0.1) is 25.0 Å². The monoisotopic (exact) mass is 465 g/mol. The molecule has 9 heteroatoms. The van der Waals surface area contributed by atoms with Crippen molar-refractivity contribution in [1.29, 1.82) is 0 Å². The van der Waals surface area contributed by atoms with Crippen LogP contribution >= 0.6 is 0 Å². The van der Waals surface area contributed by atoms with E-state index in [9.17, 15) is 9.59 Å². The van der Waals surface area contributed by atoms with Gasteiger partial charge in [0.15, 0.2) is 0 Å². The van der Waals surface area contributed by atoms with Crippen LogP contribution in [0.1, 0.15) is 48.2 Å². The first kappa shape index (κ1) is 21.4. The fraction of sp³-hybridized carbons (Fsp3) is 0.600. The van der Waals surface area contributed by atoms with E-state index in [1.54, 1.807) is 13.2 Å². The van der Waals surface area contributed by atoms with Crippen molar-refractivity contribution in [3.05, 3.63) is 35.7 Å². The molecule has 180 valence electrons. The molecular formula is C25H31N5O4. The van der Waals surface area contributed by atoms with Crippen LogP contribution in [0.25, 0.3) is 0 Å². The van der Waals surface area contributed by atoms with Crippen LogP contribution in [-0.2, 0) is 17.8 Å². The zero-order valence-electron chi connectivity index (χ0n) is 19.6. The maximum Gasteiger partial charge on any atom is 0.257 e. The van der Waals surface area contributed by atoms with Gasteiger partial charge in [0, 0.05) is 62.6 Å². The summed E-state index contributed by atoms with van der Waals surface area (Å²) in [6.45, 7) is 2.55. The van der Waals surface area contributed by atoms with Crippen LogP contribution in [-0.4, -0.2) is 75.5 Å². The molecule has 5 aliphatic rings. The predicted octanol–water partition coefficient (Wildman–Crippen LogP) is 2.15. The highest BCUT2D eigenvalue weighted by molar-refractivity contribution is 5.97. The van der Waals surface area contributed by atoms with Crippen LogP contribution < -0.4 is 9.47 Å². The van der Waals surface area contributed by atoms with Gasteiger partial charge in [-0.05, 0) is 43.9 Å². The van der Waals surface area contributed by atoms with Crippen LogP contribution in [0, 0.1) is 11.8 Å². The third kappa shape index (κ3) is 3.61. The normalized spacial score (nSPS) is 29.0. The number of carbonyl (C=O) groups excluding carboxylic acids is 2. The molecule has 0 unspecified atom stereocenters. The van der Waals surface area contributed by atoms with E-state index in [0.717, 1.165) is 37.8 Å². The number of amides is 2. The Bertz CT molecular complexity index is 1080. The number of aromatic nitrogens is 3. The van der Waals surface area contributed by atoms with Crippen LogP contribution in [0.3, 0.4) is 0 Å². The summed E-state index contributed by atoms with van der Waals surface area (Å²) in [6, 6.07) is 5.94. The summed E-state index contributed by atoms with van der Waals surface area (Å²) in [4.78, 5) is 30.9. The molecule has 9 nitrogen and oxygen atoms in total. The second-order valence-corrected chi connectivity index (χ2v) is 9.94. The summed E-state index contributed by atoms with van der Waals surface area (Å²) in [5, 5.41) is 8.48. The second kappa shape index (κ2) is 8.60. The van der Waals surface area contributed by atoms with Crippen molar-refractivity contribution in [3.63, 3.8) is 0 Å². The Morgan fingerprint density at radius 1 is 1.06 bits per heavy atom. The fourth-order valence-corrected chi connectivity index (χ4v) is 6.53. The maximum atomic E-state index is 13.6. The lowest BCUT2D eigenvalue weighted by molar-refractivity contribution is -0.133. The van der Waals surface area contributed by atoms with Crippen molar-refractivity contribution in [2.75, 3.05) is 26.8 Å². The highest BCUT2D eigenvalue weighted by Crippen LogP contribution is 2.50. The number of hydrogen-bond acceptors (Lipinski definition) is 6. The van der Waals surface area contributed by atoms with Gasteiger partial charge in [-0.25, -0.2) is 0 Å². The molecule has 34 heavy (non-hydrogen) atoms. The van der Waals surface area contributed by atoms with Crippen molar-refractivity contribution >= 4 is 11.8 Å². The van der Waals surface area contributed by atoms with E-state index in [0.29, 0.717) is 61.6 Å². The molecule has 0 aliphatic carbocycles. The lowest BCUT2D eigenvalue weighted by Gasteiger charge is -2.27. The van der Waals surface area contributed by atoms with Crippen LogP contribution in [0.15, 0.2) is 24.4 Å². The van der Waals surface area contributed by atoms with E-state index in [-0.39, 0.29) is 23.9 Å². The van der Waals surface area contributed by atoms with E-state index in [1.807, 2.05) is 27.9 Å². The molecule has 3 fully saturated rings. The van der Waals surface area contributed by atoms with Crippen molar-refractivity contribution in [1.82, 2.24) is 24.8 Å². The molecule has 5 aliphatic heterocycles. The average molecular weight is 466 g/mol. The standard InChI is InChI=1S/C25H31N5O4/c1-33-17-6-9-23-18(12-17)25(32)28-14-19-20(15-28)22-8-7-21(19)30(22)24(31)5-2-4-16-13-29(27-26-16)10-3-11-34-23/h6,9,12-13,19-22H,2-5,7-8,10-11,14-15H2,1H3/t19-,20+,21-,22+. The first-order valence-corrected chi connectivity index (χ1v) is 12.4. The number of ether oxygens (including phenoxy) is 2. The predicted molar refractivity (Wildman–Crippen MR) is 123 cm³/mol. The highest BCUT2D eigenvalue weighted by Gasteiger charge is 2.58. The van der Waals surface area contributed by atoms with Crippen LogP contribution in [0.4, 0.5) is 0 Å². The van der Waals surface area contributed by atoms with Crippen molar-refractivity contribution in [2.24, 2.45) is 11.8 Å². The molecule has 1 aromatic heterocycles. The topological polar surface area (TPSA) is 89.8 Å². The molecule has 4 atom stereocenters.